The highest BCUT2D eigenvalue weighted by atomic mass is 16.5. The average Bonchev–Trinajstić information content (AvgIpc) is 2.71. The average molecular weight is 387 g/mol. The number of ether oxygens (including phenoxy) is 1. The molecular weight excluding hydrogens is 362 g/mol. The van der Waals surface area contributed by atoms with Gasteiger partial charge in [-0.3, -0.25) is 0 Å². The van der Waals surface area contributed by atoms with E-state index in [0.717, 1.165) is 41.4 Å². The number of methoxy groups -OCH3 is 1. The van der Waals surface area contributed by atoms with Crippen LogP contribution in [0.5, 0.6) is 5.75 Å². The van der Waals surface area contributed by atoms with Gasteiger partial charge < -0.3 is 15.2 Å². The van der Waals surface area contributed by atoms with Gasteiger partial charge >= 0.3 is 0 Å². The first-order valence-electron chi connectivity index (χ1n) is 9.92. The summed E-state index contributed by atoms with van der Waals surface area (Å²) in [6.07, 6.45) is 2.64. The van der Waals surface area contributed by atoms with Crippen molar-refractivity contribution in [3.05, 3.63) is 48.0 Å². The Morgan fingerprint density at radius 1 is 1.17 bits per heavy atom. The van der Waals surface area contributed by atoms with Crippen LogP contribution in [0.4, 0.5) is 5.82 Å². The molecule has 5 nitrogen and oxygen atoms in total. The predicted molar refractivity (Wildman–Crippen MR) is 116 cm³/mol. The third kappa shape index (κ3) is 3.76. The molecule has 0 unspecified atom stereocenters. The van der Waals surface area contributed by atoms with Crippen LogP contribution in [0.15, 0.2) is 42.5 Å². The van der Waals surface area contributed by atoms with Crippen molar-refractivity contribution in [1.82, 2.24) is 10.2 Å². The summed E-state index contributed by atoms with van der Waals surface area (Å²) in [4.78, 5) is 0. The number of phenolic OH excluding ortho intramolecular Hbond substituents is 1. The second-order valence-electron chi connectivity index (χ2n) is 7.73. The van der Waals surface area contributed by atoms with E-state index in [1.807, 2.05) is 43.3 Å². The van der Waals surface area contributed by atoms with Crippen molar-refractivity contribution in [2.45, 2.75) is 44.8 Å². The van der Waals surface area contributed by atoms with E-state index < -0.39 is 0 Å². The zero-order valence-electron chi connectivity index (χ0n) is 17.0. The summed E-state index contributed by atoms with van der Waals surface area (Å²) >= 11 is 0. The first-order chi connectivity index (χ1) is 14.0. The lowest BCUT2D eigenvalue weighted by molar-refractivity contribution is -0.0625. The molecule has 3 aromatic rings. The highest BCUT2D eigenvalue weighted by Crippen LogP contribution is 2.39. The normalized spacial score (nSPS) is 20.6. The Balaban J connectivity index is 1.69. The van der Waals surface area contributed by atoms with Crippen LogP contribution < -0.4 is 5.32 Å². The summed E-state index contributed by atoms with van der Waals surface area (Å²) in [5.74, 6) is 6.98. The molecule has 1 aromatic heterocycles. The minimum Gasteiger partial charge on any atom is -0.507 e. The molecule has 0 amide bonds. The van der Waals surface area contributed by atoms with Gasteiger partial charge in [-0.25, -0.2) is 0 Å². The van der Waals surface area contributed by atoms with Gasteiger partial charge in [-0.05, 0) is 38.0 Å². The van der Waals surface area contributed by atoms with Crippen LogP contribution in [0.25, 0.3) is 22.0 Å². The molecule has 0 saturated heterocycles. The van der Waals surface area contributed by atoms with Gasteiger partial charge in [0.15, 0.2) is 5.82 Å². The highest BCUT2D eigenvalue weighted by Gasteiger charge is 2.40. The number of fused-ring (bicyclic) bond motifs is 1. The number of aromatic nitrogens is 2. The van der Waals surface area contributed by atoms with E-state index in [9.17, 15) is 5.11 Å². The lowest BCUT2D eigenvalue weighted by Crippen LogP contribution is -2.49. The maximum atomic E-state index is 10.6. The Bertz CT molecular complexity index is 1110. The first-order valence-corrected chi connectivity index (χ1v) is 9.92. The van der Waals surface area contributed by atoms with Crippen LogP contribution in [0.2, 0.25) is 0 Å². The van der Waals surface area contributed by atoms with Gasteiger partial charge in [0.2, 0.25) is 0 Å². The van der Waals surface area contributed by atoms with Gasteiger partial charge in [-0.2, -0.15) is 0 Å². The van der Waals surface area contributed by atoms with Crippen molar-refractivity contribution in [2.24, 2.45) is 0 Å². The minimum atomic E-state index is -0.0605. The summed E-state index contributed by atoms with van der Waals surface area (Å²) in [5, 5.41) is 24.9. The van der Waals surface area contributed by atoms with Gasteiger partial charge in [0.05, 0.1) is 5.60 Å². The van der Waals surface area contributed by atoms with Gasteiger partial charge in [-0.1, -0.05) is 43.0 Å². The van der Waals surface area contributed by atoms with Crippen molar-refractivity contribution in [3.8, 4) is 28.8 Å². The number of nitrogens with zero attached hydrogens (tertiary/aromatic N) is 2. The molecule has 1 fully saturated rings. The van der Waals surface area contributed by atoms with E-state index in [-0.39, 0.29) is 11.4 Å². The number of nitrogens with one attached hydrogen (secondary N) is 1. The van der Waals surface area contributed by atoms with Crippen molar-refractivity contribution in [3.63, 3.8) is 0 Å². The summed E-state index contributed by atoms with van der Waals surface area (Å²) < 4.78 is 5.54. The Kier molecular flexibility index (Phi) is 5.12. The minimum absolute atomic E-state index is 0.0605. The number of anilines is 1. The standard InChI is InChI=1S/C24H25N3O2/c1-4-5-8-16-11-12-20(21(28)13-16)22-18-9-6-7-10-19(18)23(27-26-22)25-17-14-24(2,15-17)29-3/h6-7,9-13,17,28H,4,14-15H2,1-3H3,(H,25,27). The van der Waals surface area contributed by atoms with E-state index in [4.69, 9.17) is 4.74 Å². The van der Waals surface area contributed by atoms with E-state index in [2.05, 4.69) is 34.3 Å². The molecule has 1 aliphatic carbocycles. The fourth-order valence-corrected chi connectivity index (χ4v) is 3.85. The summed E-state index contributed by atoms with van der Waals surface area (Å²) in [7, 11) is 1.76. The lowest BCUT2D eigenvalue weighted by Gasteiger charge is -2.44. The van der Waals surface area contributed by atoms with Gasteiger partial charge in [-0.15, -0.1) is 10.2 Å². The number of phenols is 1. The topological polar surface area (TPSA) is 67.3 Å². The van der Waals surface area contributed by atoms with Gasteiger partial charge in [0, 0.05) is 41.5 Å². The fourth-order valence-electron chi connectivity index (χ4n) is 3.85. The predicted octanol–water partition coefficient (Wildman–Crippen LogP) is 4.74. The Morgan fingerprint density at radius 2 is 1.93 bits per heavy atom. The summed E-state index contributed by atoms with van der Waals surface area (Å²) in [6.45, 7) is 4.12. The Labute approximate surface area is 171 Å². The second-order valence-corrected chi connectivity index (χ2v) is 7.73. The zero-order chi connectivity index (χ0) is 20.4. The Hall–Kier alpha value is -3.10. The van der Waals surface area contributed by atoms with Crippen LogP contribution in [0.1, 0.15) is 38.7 Å². The molecule has 0 bridgehead atoms. The maximum Gasteiger partial charge on any atom is 0.156 e. The van der Waals surface area contributed by atoms with Crippen LogP contribution >= 0.6 is 0 Å². The molecule has 1 heterocycles. The molecule has 1 saturated carbocycles. The molecule has 5 heteroatoms. The zero-order valence-corrected chi connectivity index (χ0v) is 17.0. The first kappa shape index (κ1) is 19.2. The number of hydrogen-bond acceptors (Lipinski definition) is 5. The maximum absolute atomic E-state index is 10.6. The third-order valence-corrected chi connectivity index (χ3v) is 5.54. The van der Waals surface area contributed by atoms with Crippen molar-refractivity contribution >= 4 is 16.6 Å². The molecule has 0 spiro atoms. The monoisotopic (exact) mass is 387 g/mol. The molecule has 2 aromatic carbocycles. The number of aromatic hydroxyl groups is 1. The second kappa shape index (κ2) is 7.73. The van der Waals surface area contributed by atoms with Crippen molar-refractivity contribution < 1.29 is 9.84 Å². The third-order valence-electron chi connectivity index (χ3n) is 5.54. The number of hydrogen-bond donors (Lipinski definition) is 2. The molecule has 0 aliphatic heterocycles. The SMILES string of the molecule is CCC#Cc1ccc(-c2nnc(NC3CC(C)(OC)C3)c3ccccc23)c(O)c1. The Morgan fingerprint density at radius 3 is 2.62 bits per heavy atom. The summed E-state index contributed by atoms with van der Waals surface area (Å²) in [5.41, 5.74) is 2.04. The molecule has 29 heavy (non-hydrogen) atoms. The van der Waals surface area contributed by atoms with Crippen LogP contribution in [0.3, 0.4) is 0 Å². The summed E-state index contributed by atoms with van der Waals surface area (Å²) in [6, 6.07) is 13.8. The fraction of sp³-hybridized carbons (Fsp3) is 0.333. The quantitative estimate of drug-likeness (QED) is 0.633. The van der Waals surface area contributed by atoms with E-state index >= 15 is 0 Å². The largest absolute Gasteiger partial charge is 0.507 e. The molecule has 148 valence electrons. The van der Waals surface area contributed by atoms with Crippen molar-refractivity contribution in [1.29, 1.82) is 0 Å². The molecule has 0 radical (unpaired) electrons. The van der Waals surface area contributed by atoms with Gasteiger partial charge in [0.1, 0.15) is 11.4 Å². The number of rotatable bonds is 4. The van der Waals surface area contributed by atoms with E-state index in [1.165, 1.54) is 0 Å². The van der Waals surface area contributed by atoms with Crippen LogP contribution in [-0.2, 0) is 4.74 Å². The molecule has 4 rings (SSSR count). The molecular formula is C24H25N3O2. The highest BCUT2D eigenvalue weighted by molar-refractivity contribution is 6.01. The lowest BCUT2D eigenvalue weighted by atomic mass is 9.77. The van der Waals surface area contributed by atoms with Gasteiger partial charge in [0.25, 0.3) is 0 Å². The smallest absolute Gasteiger partial charge is 0.156 e. The van der Waals surface area contributed by atoms with Crippen LogP contribution in [-0.4, -0.2) is 34.1 Å². The molecule has 0 atom stereocenters. The molecule has 2 N–H and O–H groups in total. The van der Waals surface area contributed by atoms with Crippen molar-refractivity contribution in [2.75, 3.05) is 12.4 Å². The number of benzene rings is 2. The van der Waals surface area contributed by atoms with E-state index in [0.29, 0.717) is 17.3 Å². The van der Waals surface area contributed by atoms with E-state index in [1.54, 1.807) is 13.2 Å². The molecule has 1 aliphatic rings. The van der Waals surface area contributed by atoms with Crippen LogP contribution in [0, 0.1) is 11.8 Å².